The van der Waals surface area contributed by atoms with Crippen LogP contribution in [-0.2, 0) is 9.53 Å². The smallest absolute Gasteiger partial charge is 0.341 e. The molecule has 0 saturated carbocycles. The molecule has 1 aliphatic heterocycles. The first-order valence-corrected chi connectivity index (χ1v) is 10.8. The number of carbonyl (C=O) groups excluding carboxylic acids is 2. The van der Waals surface area contributed by atoms with E-state index in [4.69, 9.17) is 16.3 Å². The van der Waals surface area contributed by atoms with Crippen LogP contribution in [0.15, 0.2) is 24.3 Å². The second kappa shape index (κ2) is 9.54. The molecule has 5 nitrogen and oxygen atoms in total. The van der Waals surface area contributed by atoms with E-state index in [1.807, 2.05) is 19.1 Å². The van der Waals surface area contributed by atoms with Crippen LogP contribution in [0.3, 0.4) is 0 Å². The van der Waals surface area contributed by atoms with Crippen molar-refractivity contribution in [3.63, 3.8) is 0 Å². The lowest BCUT2D eigenvalue weighted by molar-refractivity contribution is -0.117. The second-order valence-electron chi connectivity index (χ2n) is 6.85. The Hall–Kier alpha value is -1.89. The summed E-state index contributed by atoms with van der Waals surface area (Å²) in [6, 6.07) is 7.33. The minimum atomic E-state index is -0.426. The van der Waals surface area contributed by atoms with Crippen LogP contribution < -0.4 is 5.32 Å². The van der Waals surface area contributed by atoms with E-state index in [1.54, 1.807) is 19.1 Å². The quantitative estimate of drug-likeness (QED) is 0.669. The molecule has 1 aromatic carbocycles. The first kappa shape index (κ1) is 20.8. The number of carbonyl (C=O) groups is 2. The maximum absolute atomic E-state index is 12.7. The van der Waals surface area contributed by atoms with E-state index in [0.717, 1.165) is 41.9 Å². The van der Waals surface area contributed by atoms with Crippen molar-refractivity contribution in [2.75, 3.05) is 31.6 Å². The van der Waals surface area contributed by atoms with Crippen LogP contribution in [-0.4, -0.2) is 43.0 Å². The normalized spacial score (nSPS) is 14.7. The largest absolute Gasteiger partial charge is 0.462 e. The maximum atomic E-state index is 12.7. The van der Waals surface area contributed by atoms with Gasteiger partial charge in [-0.25, -0.2) is 4.79 Å². The SMILES string of the molecule is CCOC(=O)c1c(NC(=O)CN2CCCCC2)sc(C)c1-c1ccc(Cl)cc1. The van der Waals surface area contributed by atoms with Gasteiger partial charge in [-0.1, -0.05) is 30.2 Å². The number of likely N-dealkylation sites (tertiary alicyclic amines) is 1. The minimum Gasteiger partial charge on any atom is -0.462 e. The monoisotopic (exact) mass is 420 g/mol. The molecule has 1 aromatic heterocycles. The van der Waals surface area contributed by atoms with E-state index in [-0.39, 0.29) is 12.5 Å². The van der Waals surface area contributed by atoms with Crippen LogP contribution in [0.2, 0.25) is 5.02 Å². The lowest BCUT2D eigenvalue weighted by Crippen LogP contribution is -2.36. The van der Waals surface area contributed by atoms with Crippen LogP contribution >= 0.6 is 22.9 Å². The summed E-state index contributed by atoms with van der Waals surface area (Å²) in [5.74, 6) is -0.526. The van der Waals surface area contributed by atoms with Crippen molar-refractivity contribution in [1.29, 1.82) is 0 Å². The maximum Gasteiger partial charge on any atom is 0.341 e. The first-order valence-electron chi connectivity index (χ1n) is 9.58. The zero-order valence-corrected chi connectivity index (χ0v) is 17.8. The topological polar surface area (TPSA) is 58.6 Å². The van der Waals surface area contributed by atoms with Gasteiger partial charge >= 0.3 is 5.97 Å². The molecular weight excluding hydrogens is 396 g/mol. The fraction of sp³-hybridized carbons (Fsp3) is 0.429. The highest BCUT2D eigenvalue weighted by atomic mass is 35.5. The molecule has 0 aliphatic carbocycles. The van der Waals surface area contributed by atoms with Crippen molar-refractivity contribution >= 4 is 39.8 Å². The van der Waals surface area contributed by atoms with Gasteiger partial charge in [-0.3, -0.25) is 9.69 Å². The Kier molecular flexibility index (Phi) is 7.10. The lowest BCUT2D eigenvalue weighted by Gasteiger charge is -2.25. The highest BCUT2D eigenvalue weighted by Gasteiger charge is 2.26. The van der Waals surface area contributed by atoms with Gasteiger partial charge in [0.1, 0.15) is 10.6 Å². The highest BCUT2D eigenvalue weighted by molar-refractivity contribution is 7.17. The molecule has 0 bridgehead atoms. The molecule has 3 rings (SSSR count). The third kappa shape index (κ3) is 4.93. The number of rotatable bonds is 6. The van der Waals surface area contributed by atoms with Crippen LogP contribution in [0.4, 0.5) is 5.00 Å². The summed E-state index contributed by atoms with van der Waals surface area (Å²) in [5, 5.41) is 4.12. The van der Waals surface area contributed by atoms with Crippen molar-refractivity contribution < 1.29 is 14.3 Å². The van der Waals surface area contributed by atoms with E-state index >= 15 is 0 Å². The van der Waals surface area contributed by atoms with Gasteiger partial charge in [0.25, 0.3) is 0 Å². The predicted octanol–water partition coefficient (Wildman–Crippen LogP) is 4.98. The molecule has 2 heterocycles. The van der Waals surface area contributed by atoms with Gasteiger partial charge in [-0.05, 0) is 57.5 Å². The molecule has 2 aromatic rings. The van der Waals surface area contributed by atoms with Gasteiger partial charge in [-0.2, -0.15) is 0 Å². The molecule has 1 saturated heterocycles. The van der Waals surface area contributed by atoms with E-state index < -0.39 is 5.97 Å². The molecular formula is C21H25ClN2O3S. The fourth-order valence-corrected chi connectivity index (χ4v) is 4.69. The van der Waals surface area contributed by atoms with Gasteiger partial charge in [-0.15, -0.1) is 11.3 Å². The number of piperidine rings is 1. The predicted molar refractivity (Wildman–Crippen MR) is 114 cm³/mol. The molecule has 0 unspecified atom stereocenters. The molecule has 7 heteroatoms. The van der Waals surface area contributed by atoms with Gasteiger partial charge in [0.2, 0.25) is 5.91 Å². The summed E-state index contributed by atoms with van der Waals surface area (Å²) >= 11 is 7.41. The lowest BCUT2D eigenvalue weighted by atomic mass is 10.0. The number of benzene rings is 1. The van der Waals surface area contributed by atoms with Crippen LogP contribution in [0, 0.1) is 6.92 Å². The summed E-state index contributed by atoms with van der Waals surface area (Å²) in [5.41, 5.74) is 2.07. The number of amides is 1. The second-order valence-corrected chi connectivity index (χ2v) is 8.51. The number of nitrogens with zero attached hydrogens (tertiary/aromatic N) is 1. The number of aryl methyl sites for hydroxylation is 1. The van der Waals surface area contributed by atoms with Gasteiger partial charge < -0.3 is 10.1 Å². The van der Waals surface area contributed by atoms with Crippen molar-refractivity contribution in [3.8, 4) is 11.1 Å². The van der Waals surface area contributed by atoms with E-state index in [9.17, 15) is 9.59 Å². The van der Waals surface area contributed by atoms with Gasteiger partial charge in [0.15, 0.2) is 0 Å². The van der Waals surface area contributed by atoms with Crippen LogP contribution in [0.25, 0.3) is 11.1 Å². The summed E-state index contributed by atoms with van der Waals surface area (Å²) < 4.78 is 5.28. The Morgan fingerprint density at radius 3 is 2.50 bits per heavy atom. The molecule has 1 fully saturated rings. The number of halogens is 1. The summed E-state index contributed by atoms with van der Waals surface area (Å²) in [6.45, 7) is 6.21. The first-order chi connectivity index (χ1) is 13.5. The zero-order chi connectivity index (χ0) is 20.1. The fourth-order valence-electron chi connectivity index (χ4n) is 3.48. The molecule has 0 atom stereocenters. The van der Waals surface area contributed by atoms with Crippen LogP contribution in [0.5, 0.6) is 0 Å². The van der Waals surface area contributed by atoms with Gasteiger partial charge in [0.05, 0.1) is 13.2 Å². The molecule has 0 radical (unpaired) electrons. The van der Waals surface area contributed by atoms with Gasteiger partial charge in [0, 0.05) is 15.5 Å². The average Bonchev–Trinajstić information content (AvgIpc) is 2.99. The minimum absolute atomic E-state index is 0.101. The third-order valence-electron chi connectivity index (χ3n) is 4.77. The zero-order valence-electron chi connectivity index (χ0n) is 16.2. The standard InChI is InChI=1S/C21H25ClN2O3S/c1-3-27-21(26)19-18(15-7-9-16(22)10-8-15)14(2)28-20(19)23-17(25)13-24-11-5-4-6-12-24/h7-10H,3-6,11-13H2,1-2H3,(H,23,25). The number of hydrogen-bond acceptors (Lipinski definition) is 5. The molecule has 1 N–H and O–H groups in total. The molecule has 1 aliphatic rings. The number of hydrogen-bond donors (Lipinski definition) is 1. The average molecular weight is 421 g/mol. The van der Waals surface area contributed by atoms with Crippen molar-refractivity contribution in [2.24, 2.45) is 0 Å². The van der Waals surface area contributed by atoms with E-state index in [2.05, 4.69) is 10.2 Å². The Morgan fingerprint density at radius 2 is 1.86 bits per heavy atom. The summed E-state index contributed by atoms with van der Waals surface area (Å²) in [4.78, 5) is 28.4. The number of nitrogens with one attached hydrogen (secondary N) is 1. The van der Waals surface area contributed by atoms with Crippen LogP contribution in [0.1, 0.15) is 41.4 Å². The van der Waals surface area contributed by atoms with Crippen molar-refractivity contribution in [3.05, 3.63) is 39.7 Å². The third-order valence-corrected chi connectivity index (χ3v) is 6.04. The number of thiophene rings is 1. The van der Waals surface area contributed by atoms with Crippen molar-refractivity contribution in [2.45, 2.75) is 33.1 Å². The molecule has 150 valence electrons. The molecule has 0 spiro atoms. The van der Waals surface area contributed by atoms with E-state index in [0.29, 0.717) is 22.1 Å². The summed E-state index contributed by atoms with van der Waals surface area (Å²) in [6.07, 6.45) is 3.47. The Labute approximate surface area is 174 Å². The molecule has 1 amide bonds. The highest BCUT2D eigenvalue weighted by Crippen LogP contribution is 2.40. The van der Waals surface area contributed by atoms with Crippen molar-refractivity contribution in [1.82, 2.24) is 4.90 Å². The molecule has 28 heavy (non-hydrogen) atoms. The Balaban J connectivity index is 1.89. The number of esters is 1. The summed E-state index contributed by atoms with van der Waals surface area (Å²) in [7, 11) is 0. The van der Waals surface area contributed by atoms with E-state index in [1.165, 1.54) is 17.8 Å². The Morgan fingerprint density at radius 1 is 1.18 bits per heavy atom. The Bertz CT molecular complexity index is 842. The number of ether oxygens (including phenoxy) is 1. The number of anilines is 1.